The van der Waals surface area contributed by atoms with E-state index in [1.54, 1.807) is 0 Å². The van der Waals surface area contributed by atoms with Gasteiger partial charge in [0.15, 0.2) is 0 Å². The van der Waals surface area contributed by atoms with Crippen molar-refractivity contribution in [1.29, 1.82) is 0 Å². The molecule has 0 heterocycles. The van der Waals surface area contributed by atoms with E-state index in [0.717, 1.165) is 0 Å². The van der Waals surface area contributed by atoms with Gasteiger partial charge in [-0.15, -0.1) is 5.56 Å². The molecule has 1 nitrogen and oxygen atoms in total. The zero-order valence-corrected chi connectivity index (χ0v) is 15.2. The predicted molar refractivity (Wildman–Crippen MR) is 65.6 cm³/mol. The summed E-state index contributed by atoms with van der Waals surface area (Å²) in [7, 11) is 0. The van der Waals surface area contributed by atoms with Crippen molar-refractivity contribution in [1.82, 2.24) is 0 Å². The first-order valence-corrected chi connectivity index (χ1v) is 5.74. The average molecular weight is 246 g/mol. The van der Waals surface area contributed by atoms with Gasteiger partial charge in [0.1, 0.15) is 0 Å². The van der Waals surface area contributed by atoms with Crippen molar-refractivity contribution < 1.29 is 56.1 Å². The Morgan fingerprint density at radius 2 is 1.25 bits per heavy atom. The van der Waals surface area contributed by atoms with E-state index in [1.807, 2.05) is 0 Å². The van der Waals surface area contributed by atoms with Crippen LogP contribution in [-0.2, 0) is 4.74 Å². The minimum atomic E-state index is 0. The quantitative estimate of drug-likeness (QED) is 0.574. The van der Waals surface area contributed by atoms with Gasteiger partial charge in [0, 0.05) is 6.10 Å². The zero-order valence-electron chi connectivity index (χ0n) is 12.1. The second-order valence-electron chi connectivity index (χ2n) is 4.74. The van der Waals surface area contributed by atoms with Gasteiger partial charge in [0.2, 0.25) is 0 Å². The molecular weight excluding hydrogens is 223 g/mol. The van der Waals surface area contributed by atoms with Crippen LogP contribution in [0, 0.1) is 27.7 Å². The molecule has 1 rings (SSSR count). The van der Waals surface area contributed by atoms with Crippen LogP contribution in [0.25, 0.3) is 0 Å². The molecule has 0 radical (unpaired) electrons. The van der Waals surface area contributed by atoms with E-state index in [9.17, 15) is 0 Å². The van der Waals surface area contributed by atoms with E-state index in [0.29, 0.717) is 0 Å². The van der Waals surface area contributed by atoms with Crippen molar-refractivity contribution in [3.63, 3.8) is 0 Å². The van der Waals surface area contributed by atoms with Crippen molar-refractivity contribution in [2.24, 2.45) is 0 Å². The van der Waals surface area contributed by atoms with Crippen LogP contribution in [0.1, 0.15) is 54.7 Å². The Kier molecular flexibility index (Phi) is 7.17. The fraction of sp³-hybridized carbons (Fsp3) is 0.643. The molecule has 1 aromatic rings. The van der Waals surface area contributed by atoms with Crippen LogP contribution in [0.15, 0.2) is 0 Å². The van der Waals surface area contributed by atoms with Crippen molar-refractivity contribution in [2.45, 2.75) is 60.7 Å². The molecule has 0 saturated carbocycles. The molecule has 1 unspecified atom stereocenters. The van der Waals surface area contributed by atoms with Crippen LogP contribution >= 0.6 is 0 Å². The van der Waals surface area contributed by atoms with Crippen molar-refractivity contribution in [3.8, 4) is 0 Å². The van der Waals surface area contributed by atoms with Crippen LogP contribution in [0.4, 0.5) is 0 Å². The van der Waals surface area contributed by atoms with Gasteiger partial charge in [-0.3, -0.25) is 0 Å². The Morgan fingerprint density at radius 1 is 0.875 bits per heavy atom. The molecule has 0 aliphatic carbocycles. The first-order valence-electron chi connectivity index (χ1n) is 5.74. The summed E-state index contributed by atoms with van der Waals surface area (Å²) in [5.41, 5.74) is 7.03. The smallest absolute Gasteiger partial charge is 0.383 e. The van der Waals surface area contributed by atoms with Gasteiger partial charge in [-0.25, -0.2) is 0 Å². The molecule has 2 heteroatoms. The van der Waals surface area contributed by atoms with E-state index in [-0.39, 0.29) is 63.6 Å². The van der Waals surface area contributed by atoms with Crippen molar-refractivity contribution in [2.75, 3.05) is 0 Å². The minimum Gasteiger partial charge on any atom is -0.383 e. The third kappa shape index (κ3) is 3.47. The number of hydrogen-bond acceptors (Lipinski definition) is 1. The normalized spacial score (nSPS) is 12.8. The molecule has 1 aromatic carbocycles. The third-order valence-electron chi connectivity index (χ3n) is 3.38. The summed E-state index contributed by atoms with van der Waals surface area (Å²) in [6, 6.07) is 0. The Bertz CT molecular complexity index is 325. The van der Waals surface area contributed by atoms with Gasteiger partial charge in [0.05, 0.1) is 6.10 Å². The zero-order chi connectivity index (χ0) is 11.7. The fourth-order valence-corrected chi connectivity index (χ4v) is 2.33. The summed E-state index contributed by atoms with van der Waals surface area (Å²) in [6.45, 7) is 15.1. The first kappa shape index (κ1) is 16.9. The second kappa shape index (κ2) is 6.77. The Morgan fingerprint density at radius 3 is 1.56 bits per heavy atom. The van der Waals surface area contributed by atoms with Crippen LogP contribution < -0.4 is 51.4 Å². The van der Waals surface area contributed by atoms with Crippen LogP contribution in [0.3, 0.4) is 0 Å². The maximum Gasteiger partial charge on any atom is 1.00 e. The van der Waals surface area contributed by atoms with Crippen LogP contribution in [-0.4, -0.2) is 6.10 Å². The van der Waals surface area contributed by atoms with Crippen LogP contribution in [0.5, 0.6) is 0 Å². The van der Waals surface area contributed by atoms with E-state index in [4.69, 9.17) is 4.74 Å². The minimum absolute atomic E-state index is 0. The summed E-state index contributed by atoms with van der Waals surface area (Å²) in [4.78, 5) is 0. The number of rotatable bonds is 3. The largest absolute Gasteiger partial charge is 1.00 e. The fourth-order valence-electron chi connectivity index (χ4n) is 2.33. The summed E-state index contributed by atoms with van der Waals surface area (Å²) < 4.78 is 5.87. The molecule has 1 atom stereocenters. The van der Waals surface area contributed by atoms with E-state index in [1.165, 1.54) is 27.8 Å². The molecule has 0 amide bonds. The van der Waals surface area contributed by atoms with E-state index >= 15 is 0 Å². The topological polar surface area (TPSA) is 9.23 Å². The summed E-state index contributed by atoms with van der Waals surface area (Å²) in [6.07, 6.45) is 0.492. The van der Waals surface area contributed by atoms with Gasteiger partial charge in [-0.05, 0) is 20.8 Å². The van der Waals surface area contributed by atoms with Crippen molar-refractivity contribution in [3.05, 3.63) is 27.8 Å². The Balaban J connectivity index is 0.00000225. The van der Waals surface area contributed by atoms with Gasteiger partial charge < -0.3 is 4.74 Å². The maximum atomic E-state index is 5.87. The molecule has 0 spiro atoms. The Labute approximate surface area is 143 Å². The van der Waals surface area contributed by atoms with Crippen LogP contribution in [0.2, 0.25) is 0 Å². The standard InChI is InChI=1S/C14H23O.K/c1-8(2)15-13(7)14-11(5)9(3)10(4)12(14)6;/h8,13H,1-7H3;/q-1;+1. The van der Waals surface area contributed by atoms with Gasteiger partial charge in [0.25, 0.3) is 0 Å². The first-order chi connectivity index (χ1) is 6.86. The third-order valence-corrected chi connectivity index (χ3v) is 3.38. The average Bonchev–Trinajstić information content (AvgIpc) is 2.30. The van der Waals surface area contributed by atoms with E-state index in [2.05, 4.69) is 48.5 Å². The summed E-state index contributed by atoms with van der Waals surface area (Å²) >= 11 is 0. The molecule has 0 N–H and O–H groups in total. The SMILES string of the molecule is Cc1c(C)c(C)[c-](C(C)OC(C)C)c1C.[K+]. The maximum absolute atomic E-state index is 5.87. The van der Waals surface area contributed by atoms with Gasteiger partial charge >= 0.3 is 51.4 Å². The van der Waals surface area contributed by atoms with Crippen molar-refractivity contribution >= 4 is 0 Å². The predicted octanol–water partition coefficient (Wildman–Crippen LogP) is 1.13. The number of ether oxygens (including phenoxy) is 1. The second-order valence-corrected chi connectivity index (χ2v) is 4.74. The molecule has 0 fully saturated rings. The molecule has 0 saturated heterocycles. The molecule has 16 heavy (non-hydrogen) atoms. The monoisotopic (exact) mass is 246 g/mol. The summed E-state index contributed by atoms with van der Waals surface area (Å²) in [5.74, 6) is 0. The molecule has 0 aromatic heterocycles. The molecule has 0 aliphatic rings. The summed E-state index contributed by atoms with van der Waals surface area (Å²) in [5, 5.41) is 0. The molecule has 0 bridgehead atoms. The van der Waals surface area contributed by atoms with Gasteiger partial charge in [-0.1, -0.05) is 27.7 Å². The van der Waals surface area contributed by atoms with Gasteiger partial charge in [-0.2, -0.15) is 22.3 Å². The molecule has 86 valence electrons. The Hall–Kier alpha value is 0.946. The number of hydrogen-bond donors (Lipinski definition) is 0. The van der Waals surface area contributed by atoms with E-state index < -0.39 is 0 Å². The molecule has 0 aliphatic heterocycles. The molecular formula is C14H23KO.